The van der Waals surface area contributed by atoms with Crippen molar-refractivity contribution in [2.45, 2.75) is 29.0 Å². The van der Waals surface area contributed by atoms with Gasteiger partial charge < -0.3 is 10.1 Å². The van der Waals surface area contributed by atoms with Crippen molar-refractivity contribution < 1.29 is 17.9 Å². The average molecular weight is 422 g/mol. The molecule has 1 amide bonds. The number of morpholine rings is 1. The first-order chi connectivity index (χ1) is 13.4. The first kappa shape index (κ1) is 20.8. The number of ether oxygens (including phenoxy) is 1. The van der Waals surface area contributed by atoms with Crippen molar-refractivity contribution in [3.63, 3.8) is 0 Å². The van der Waals surface area contributed by atoms with Crippen LogP contribution in [0.4, 0.5) is 5.69 Å². The second kappa shape index (κ2) is 9.04. The summed E-state index contributed by atoms with van der Waals surface area (Å²) in [4.78, 5) is 16.9. The largest absolute Gasteiger partial charge is 0.379 e. The smallest absolute Gasteiger partial charge is 0.243 e. The van der Waals surface area contributed by atoms with Gasteiger partial charge in [-0.1, -0.05) is 23.9 Å². The van der Waals surface area contributed by atoms with Gasteiger partial charge in [0.2, 0.25) is 15.9 Å². The van der Waals surface area contributed by atoms with E-state index in [-0.39, 0.29) is 16.1 Å². The number of rotatable bonds is 6. The molecule has 2 aromatic rings. The summed E-state index contributed by atoms with van der Waals surface area (Å²) in [6.45, 7) is 4.97. The molecule has 7 nitrogen and oxygen atoms in total. The first-order valence-corrected chi connectivity index (χ1v) is 11.3. The summed E-state index contributed by atoms with van der Waals surface area (Å²) in [5.74, 6) is -0.214. The van der Waals surface area contributed by atoms with Gasteiger partial charge in [0.05, 0.1) is 28.4 Å². The number of nitrogens with one attached hydrogen (secondary N) is 1. The lowest BCUT2D eigenvalue weighted by molar-refractivity contribution is -0.115. The Bertz CT molecular complexity index is 929. The normalized spacial score (nSPS) is 16.5. The quantitative estimate of drug-likeness (QED) is 0.721. The van der Waals surface area contributed by atoms with Crippen molar-refractivity contribution in [1.29, 1.82) is 0 Å². The van der Waals surface area contributed by atoms with Crippen LogP contribution in [0.25, 0.3) is 0 Å². The number of hydrogen-bond donors (Lipinski definition) is 1. The van der Waals surface area contributed by atoms with Gasteiger partial charge in [-0.2, -0.15) is 4.31 Å². The molecule has 1 atom stereocenters. The van der Waals surface area contributed by atoms with Crippen LogP contribution in [-0.4, -0.2) is 55.2 Å². The number of anilines is 1. The Morgan fingerprint density at radius 1 is 1.25 bits per heavy atom. The fraction of sp³-hybridized carbons (Fsp3) is 0.368. The third-order valence-corrected chi connectivity index (χ3v) is 7.44. The van der Waals surface area contributed by atoms with E-state index in [4.69, 9.17) is 4.74 Å². The highest BCUT2D eigenvalue weighted by Crippen LogP contribution is 2.26. The molecule has 1 saturated heterocycles. The van der Waals surface area contributed by atoms with Crippen LogP contribution < -0.4 is 5.32 Å². The van der Waals surface area contributed by atoms with Gasteiger partial charge >= 0.3 is 0 Å². The maximum absolute atomic E-state index is 13.0. The topological polar surface area (TPSA) is 88.6 Å². The van der Waals surface area contributed by atoms with Crippen LogP contribution in [0, 0.1) is 6.92 Å². The van der Waals surface area contributed by atoms with Gasteiger partial charge in [0.1, 0.15) is 0 Å². The van der Waals surface area contributed by atoms with E-state index in [0.717, 1.165) is 5.03 Å². The van der Waals surface area contributed by atoms with Crippen LogP contribution in [0.15, 0.2) is 52.5 Å². The summed E-state index contributed by atoms with van der Waals surface area (Å²) in [5, 5.41) is 3.18. The Labute approximate surface area is 169 Å². The van der Waals surface area contributed by atoms with E-state index >= 15 is 0 Å². The summed E-state index contributed by atoms with van der Waals surface area (Å²) in [7, 11) is -3.63. The molecule has 1 aromatic carbocycles. The van der Waals surface area contributed by atoms with Crippen molar-refractivity contribution in [1.82, 2.24) is 9.29 Å². The third kappa shape index (κ3) is 4.91. The molecule has 150 valence electrons. The van der Waals surface area contributed by atoms with Gasteiger partial charge in [0.15, 0.2) is 0 Å². The predicted molar refractivity (Wildman–Crippen MR) is 109 cm³/mol. The number of aryl methyl sites for hydroxylation is 1. The van der Waals surface area contributed by atoms with Crippen LogP contribution in [0.1, 0.15) is 12.5 Å². The Balaban J connectivity index is 1.74. The van der Waals surface area contributed by atoms with Crippen LogP contribution in [0.3, 0.4) is 0 Å². The number of amides is 1. The molecule has 1 aliphatic heterocycles. The van der Waals surface area contributed by atoms with E-state index in [1.165, 1.54) is 22.1 Å². The van der Waals surface area contributed by atoms with Gasteiger partial charge in [0, 0.05) is 25.0 Å². The van der Waals surface area contributed by atoms with Crippen molar-refractivity contribution in [3.05, 3.63) is 48.2 Å². The monoisotopic (exact) mass is 421 g/mol. The van der Waals surface area contributed by atoms with Crippen molar-refractivity contribution >= 4 is 33.4 Å². The molecule has 0 aliphatic carbocycles. The lowest BCUT2D eigenvalue weighted by atomic mass is 10.2. The number of nitrogens with zero attached hydrogens (tertiary/aromatic N) is 2. The molecule has 1 aliphatic rings. The number of pyridine rings is 1. The number of sulfonamides is 1. The fourth-order valence-electron chi connectivity index (χ4n) is 2.78. The van der Waals surface area contributed by atoms with Crippen LogP contribution >= 0.6 is 11.8 Å². The van der Waals surface area contributed by atoms with Crippen molar-refractivity contribution in [2.75, 3.05) is 31.6 Å². The molecule has 0 bridgehead atoms. The average Bonchev–Trinajstić information content (AvgIpc) is 2.70. The standard InChI is InChI=1S/C19H23N3O4S2/c1-14-6-7-16(13-17(14)28(24,25)22-9-11-26-12-10-22)21-19(23)15(2)27-18-5-3-4-8-20-18/h3-8,13,15H,9-12H2,1-2H3,(H,21,23). The molecule has 0 saturated carbocycles. The molecule has 2 heterocycles. The van der Waals surface area contributed by atoms with E-state index in [1.54, 1.807) is 32.2 Å². The highest BCUT2D eigenvalue weighted by Gasteiger charge is 2.28. The molecular formula is C19H23N3O4S2. The van der Waals surface area contributed by atoms with Crippen molar-refractivity contribution in [3.8, 4) is 0 Å². The van der Waals surface area contributed by atoms with Crippen LogP contribution in [0.2, 0.25) is 0 Å². The predicted octanol–water partition coefficient (Wildman–Crippen LogP) is 2.53. The summed E-state index contributed by atoms with van der Waals surface area (Å²) < 4.78 is 32.6. The lowest BCUT2D eigenvalue weighted by Gasteiger charge is -2.27. The van der Waals surface area contributed by atoms with Gasteiger partial charge in [-0.05, 0) is 43.7 Å². The Morgan fingerprint density at radius 2 is 2.00 bits per heavy atom. The molecule has 0 radical (unpaired) electrons. The SMILES string of the molecule is Cc1ccc(NC(=O)C(C)Sc2ccccn2)cc1S(=O)(=O)N1CCOCC1. The molecule has 1 aromatic heterocycles. The first-order valence-electron chi connectivity index (χ1n) is 8.95. The van der Waals surface area contributed by atoms with Crippen molar-refractivity contribution in [2.24, 2.45) is 0 Å². The van der Waals surface area contributed by atoms with Gasteiger partial charge in [0.25, 0.3) is 0 Å². The molecule has 1 fully saturated rings. The zero-order valence-corrected chi connectivity index (χ0v) is 17.4. The highest BCUT2D eigenvalue weighted by atomic mass is 32.2. The minimum atomic E-state index is -3.63. The minimum absolute atomic E-state index is 0.206. The molecule has 28 heavy (non-hydrogen) atoms. The molecule has 1 unspecified atom stereocenters. The number of carbonyl (C=O) groups excluding carboxylic acids is 1. The summed E-state index contributed by atoms with van der Waals surface area (Å²) >= 11 is 1.34. The number of hydrogen-bond acceptors (Lipinski definition) is 6. The number of benzene rings is 1. The second-order valence-electron chi connectivity index (χ2n) is 6.41. The number of aromatic nitrogens is 1. The number of carbonyl (C=O) groups is 1. The van der Waals surface area contributed by atoms with Gasteiger partial charge in [-0.25, -0.2) is 13.4 Å². The van der Waals surface area contributed by atoms with E-state index in [0.29, 0.717) is 37.6 Å². The van der Waals surface area contributed by atoms with E-state index < -0.39 is 10.0 Å². The lowest BCUT2D eigenvalue weighted by Crippen LogP contribution is -2.40. The third-order valence-electron chi connectivity index (χ3n) is 4.35. The minimum Gasteiger partial charge on any atom is -0.379 e. The van der Waals surface area contributed by atoms with E-state index in [2.05, 4.69) is 10.3 Å². The Hall–Kier alpha value is -1.94. The maximum atomic E-state index is 13.0. The van der Waals surface area contributed by atoms with Gasteiger partial charge in [-0.3, -0.25) is 4.79 Å². The summed E-state index contributed by atoms with van der Waals surface area (Å²) in [5.41, 5.74) is 1.09. The Kier molecular flexibility index (Phi) is 6.71. The molecule has 0 spiro atoms. The summed E-state index contributed by atoms with van der Waals surface area (Å²) in [6.07, 6.45) is 1.68. The second-order valence-corrected chi connectivity index (χ2v) is 9.68. The molecule has 9 heteroatoms. The number of thioether (sulfide) groups is 1. The Morgan fingerprint density at radius 3 is 2.68 bits per heavy atom. The van der Waals surface area contributed by atoms with Crippen LogP contribution in [0.5, 0.6) is 0 Å². The zero-order chi connectivity index (χ0) is 20.1. The van der Waals surface area contributed by atoms with Crippen LogP contribution in [-0.2, 0) is 19.6 Å². The molecule has 3 rings (SSSR count). The molecular weight excluding hydrogens is 398 g/mol. The highest BCUT2D eigenvalue weighted by molar-refractivity contribution is 8.00. The fourth-order valence-corrected chi connectivity index (χ4v) is 5.24. The van der Waals surface area contributed by atoms with Gasteiger partial charge in [-0.15, -0.1) is 0 Å². The molecule has 1 N–H and O–H groups in total. The summed E-state index contributed by atoms with van der Waals surface area (Å²) in [6, 6.07) is 10.5. The van der Waals surface area contributed by atoms with E-state index in [1.807, 2.05) is 18.2 Å². The van der Waals surface area contributed by atoms with E-state index in [9.17, 15) is 13.2 Å². The zero-order valence-electron chi connectivity index (χ0n) is 15.8. The maximum Gasteiger partial charge on any atom is 0.243 e.